The number of nitrogens with zero attached hydrogens (tertiary/aromatic N) is 1. The van der Waals surface area contributed by atoms with E-state index in [1.165, 1.54) is 6.07 Å². The van der Waals surface area contributed by atoms with Gasteiger partial charge >= 0.3 is 0 Å². The maximum absolute atomic E-state index is 13.9. The highest BCUT2D eigenvalue weighted by molar-refractivity contribution is 7.90. The molecule has 34 heavy (non-hydrogen) atoms. The molecule has 1 aliphatic carbocycles. The predicted octanol–water partition coefficient (Wildman–Crippen LogP) is 5.47. The van der Waals surface area contributed by atoms with Crippen molar-refractivity contribution < 1.29 is 13.2 Å². The van der Waals surface area contributed by atoms with E-state index in [4.69, 9.17) is 23.2 Å². The van der Waals surface area contributed by atoms with Crippen LogP contribution in [0, 0.1) is 0 Å². The lowest BCUT2D eigenvalue weighted by molar-refractivity contribution is -0.125. The number of benzene rings is 3. The lowest BCUT2D eigenvalue weighted by Crippen LogP contribution is -2.47. The molecular weight excluding hydrogens is 491 g/mol. The Morgan fingerprint density at radius 3 is 2.53 bits per heavy atom. The second kappa shape index (κ2) is 8.69. The molecule has 3 aromatic carbocycles. The smallest absolute Gasteiger partial charge is 0.264 e. The van der Waals surface area contributed by atoms with E-state index in [1.54, 1.807) is 48.7 Å². The number of pyridine rings is 1. The summed E-state index contributed by atoms with van der Waals surface area (Å²) in [6.07, 6.45) is 2.86. The van der Waals surface area contributed by atoms with Crippen LogP contribution in [-0.2, 0) is 33.1 Å². The van der Waals surface area contributed by atoms with Gasteiger partial charge in [-0.1, -0.05) is 77.8 Å². The van der Waals surface area contributed by atoms with E-state index in [9.17, 15) is 13.2 Å². The van der Waals surface area contributed by atoms with Crippen molar-refractivity contribution in [2.45, 2.75) is 29.6 Å². The third-order valence-electron chi connectivity index (χ3n) is 6.43. The Labute approximate surface area is 207 Å². The summed E-state index contributed by atoms with van der Waals surface area (Å²) in [5.74, 6) is -0.587. The minimum Gasteiger partial charge on any atom is -0.273 e. The van der Waals surface area contributed by atoms with Crippen molar-refractivity contribution >= 4 is 49.9 Å². The van der Waals surface area contributed by atoms with Gasteiger partial charge in [-0.2, -0.15) is 0 Å². The first kappa shape index (κ1) is 22.8. The maximum Gasteiger partial charge on any atom is 0.264 e. The average molecular weight is 511 g/mol. The molecule has 5 nitrogen and oxygen atoms in total. The minimum absolute atomic E-state index is 0.0616. The number of sulfonamides is 1. The summed E-state index contributed by atoms with van der Waals surface area (Å²) in [6, 6.07) is 21.1. The number of carbonyl (C=O) groups is 1. The largest absolute Gasteiger partial charge is 0.273 e. The first-order valence-electron chi connectivity index (χ1n) is 10.7. The highest BCUT2D eigenvalue weighted by Crippen LogP contribution is 2.44. The van der Waals surface area contributed by atoms with Crippen LogP contribution < -0.4 is 4.72 Å². The Bertz CT molecular complexity index is 1520. The first-order chi connectivity index (χ1) is 16.3. The number of aromatic nitrogens is 1. The molecule has 0 spiro atoms. The lowest BCUT2D eigenvalue weighted by Gasteiger charge is -2.29. The van der Waals surface area contributed by atoms with Gasteiger partial charge in [0.15, 0.2) is 0 Å². The zero-order chi connectivity index (χ0) is 23.9. The summed E-state index contributed by atoms with van der Waals surface area (Å²) in [7, 11) is -4.14. The molecule has 4 aromatic rings. The Kier molecular flexibility index (Phi) is 5.84. The van der Waals surface area contributed by atoms with Crippen molar-refractivity contribution in [3.63, 3.8) is 0 Å². The molecule has 1 N–H and O–H groups in total. The molecule has 0 fully saturated rings. The fourth-order valence-corrected chi connectivity index (χ4v) is 6.46. The third kappa shape index (κ3) is 3.96. The number of amides is 1. The second-order valence-electron chi connectivity index (χ2n) is 8.43. The van der Waals surface area contributed by atoms with Crippen molar-refractivity contribution in [1.29, 1.82) is 0 Å². The molecule has 1 amide bonds. The lowest BCUT2D eigenvalue weighted by atomic mass is 9.76. The fourth-order valence-electron chi connectivity index (χ4n) is 4.80. The van der Waals surface area contributed by atoms with E-state index in [0.29, 0.717) is 28.4 Å². The van der Waals surface area contributed by atoms with Crippen molar-refractivity contribution in [1.82, 2.24) is 9.71 Å². The van der Waals surface area contributed by atoms with Crippen LogP contribution in [0.5, 0.6) is 0 Å². The zero-order valence-corrected chi connectivity index (χ0v) is 20.3. The molecule has 1 unspecified atom stereocenters. The van der Waals surface area contributed by atoms with Crippen molar-refractivity contribution in [3.05, 3.63) is 106 Å². The van der Waals surface area contributed by atoms with Gasteiger partial charge in [-0.05, 0) is 59.5 Å². The minimum atomic E-state index is -4.14. The molecule has 5 rings (SSSR count). The number of nitrogens with one attached hydrogen (secondary N) is 1. The summed E-state index contributed by atoms with van der Waals surface area (Å²) >= 11 is 12.4. The van der Waals surface area contributed by atoms with Crippen LogP contribution in [0.3, 0.4) is 0 Å². The summed E-state index contributed by atoms with van der Waals surface area (Å²) < 4.78 is 29.3. The predicted molar refractivity (Wildman–Crippen MR) is 134 cm³/mol. The van der Waals surface area contributed by atoms with Gasteiger partial charge in [0.05, 0.1) is 10.3 Å². The molecule has 0 saturated carbocycles. The highest BCUT2D eigenvalue weighted by atomic mass is 35.5. The standard InChI is InChI=1S/C26H20Cl2N2O3S/c27-22-9-4-8-21-20(22)13-14-26(21,15-17-11-12-24(28)29-16-17)25(31)30-34(32,33)23-10-3-6-18-5-1-2-7-19(18)23/h1-12,16H,13-15H2,(H,30,31). The molecule has 0 radical (unpaired) electrons. The van der Waals surface area contributed by atoms with Crippen LogP contribution >= 0.6 is 23.2 Å². The third-order valence-corrected chi connectivity index (χ3v) is 8.40. The average Bonchev–Trinajstić information content (AvgIpc) is 3.21. The van der Waals surface area contributed by atoms with Gasteiger partial charge in [-0.3, -0.25) is 4.79 Å². The van der Waals surface area contributed by atoms with Crippen LogP contribution in [0.15, 0.2) is 83.9 Å². The fraction of sp³-hybridized carbons (Fsp3) is 0.154. The number of fused-ring (bicyclic) bond motifs is 2. The quantitative estimate of drug-likeness (QED) is 0.361. The van der Waals surface area contributed by atoms with Gasteiger partial charge < -0.3 is 0 Å². The Balaban J connectivity index is 1.58. The monoisotopic (exact) mass is 510 g/mol. The Hall–Kier alpha value is -2.93. The van der Waals surface area contributed by atoms with E-state index in [0.717, 1.165) is 22.1 Å². The van der Waals surface area contributed by atoms with Crippen LogP contribution in [0.25, 0.3) is 10.8 Å². The van der Waals surface area contributed by atoms with E-state index < -0.39 is 21.3 Å². The summed E-state index contributed by atoms with van der Waals surface area (Å²) in [5, 5.41) is 2.24. The summed E-state index contributed by atoms with van der Waals surface area (Å²) in [5.41, 5.74) is 1.26. The van der Waals surface area contributed by atoms with Gasteiger partial charge in [0.1, 0.15) is 5.15 Å². The SMILES string of the molecule is O=C(NS(=O)(=O)c1cccc2ccccc12)C1(Cc2ccc(Cl)nc2)CCc2c(Cl)cccc21. The number of halogens is 2. The normalized spacial score (nSPS) is 17.5. The van der Waals surface area contributed by atoms with Crippen molar-refractivity contribution in [2.75, 3.05) is 0 Å². The molecular formula is C26H20Cl2N2O3S. The van der Waals surface area contributed by atoms with E-state index in [1.807, 2.05) is 24.3 Å². The Morgan fingerprint density at radius 2 is 1.74 bits per heavy atom. The van der Waals surface area contributed by atoms with E-state index in [-0.39, 0.29) is 11.3 Å². The highest BCUT2D eigenvalue weighted by Gasteiger charge is 2.47. The van der Waals surface area contributed by atoms with Crippen LogP contribution in [0.4, 0.5) is 0 Å². The molecule has 1 aliphatic rings. The molecule has 1 aromatic heterocycles. The van der Waals surface area contributed by atoms with E-state index in [2.05, 4.69) is 9.71 Å². The van der Waals surface area contributed by atoms with Crippen LogP contribution in [-0.4, -0.2) is 19.3 Å². The molecule has 172 valence electrons. The van der Waals surface area contributed by atoms with Crippen LogP contribution in [0.2, 0.25) is 10.2 Å². The van der Waals surface area contributed by atoms with Crippen LogP contribution in [0.1, 0.15) is 23.1 Å². The van der Waals surface area contributed by atoms with Gasteiger partial charge in [-0.15, -0.1) is 0 Å². The van der Waals surface area contributed by atoms with Gasteiger partial charge in [-0.25, -0.2) is 18.1 Å². The van der Waals surface area contributed by atoms with Crippen molar-refractivity contribution in [2.24, 2.45) is 0 Å². The molecule has 0 aliphatic heterocycles. The Morgan fingerprint density at radius 1 is 0.971 bits per heavy atom. The number of hydrogen-bond donors (Lipinski definition) is 1. The zero-order valence-electron chi connectivity index (χ0n) is 18.0. The summed E-state index contributed by atoms with van der Waals surface area (Å²) in [6.45, 7) is 0. The van der Waals surface area contributed by atoms with Gasteiger partial charge in [0.2, 0.25) is 5.91 Å². The second-order valence-corrected chi connectivity index (χ2v) is 10.9. The molecule has 1 heterocycles. The maximum atomic E-state index is 13.9. The topological polar surface area (TPSA) is 76.1 Å². The number of carbonyl (C=O) groups excluding carboxylic acids is 1. The molecule has 8 heteroatoms. The molecule has 1 atom stereocenters. The van der Waals surface area contributed by atoms with Gasteiger partial charge in [0.25, 0.3) is 10.0 Å². The number of hydrogen-bond acceptors (Lipinski definition) is 4. The number of rotatable bonds is 5. The molecule has 0 bridgehead atoms. The van der Waals surface area contributed by atoms with Crippen molar-refractivity contribution in [3.8, 4) is 0 Å². The molecule has 0 saturated heterocycles. The summed E-state index contributed by atoms with van der Waals surface area (Å²) in [4.78, 5) is 18.1. The van der Waals surface area contributed by atoms with E-state index >= 15 is 0 Å². The van der Waals surface area contributed by atoms with Gasteiger partial charge in [0, 0.05) is 16.6 Å². The first-order valence-corrected chi connectivity index (χ1v) is 13.0.